The van der Waals surface area contributed by atoms with Gasteiger partial charge < -0.3 is 24.3 Å². The van der Waals surface area contributed by atoms with Crippen LogP contribution in [0.4, 0.5) is 14.5 Å². The molecule has 0 heterocycles. The Labute approximate surface area is 153 Å². The molecule has 0 aromatic heterocycles. The molecule has 0 atom stereocenters. The van der Waals surface area contributed by atoms with Gasteiger partial charge in [0.1, 0.15) is 5.75 Å². The number of methoxy groups -OCH3 is 2. The summed E-state index contributed by atoms with van der Waals surface area (Å²) in [6.45, 7) is -3.44. The summed E-state index contributed by atoms with van der Waals surface area (Å²) in [6, 6.07) is 10.1. The number of halogens is 2. The Balaban J connectivity index is 2.03. The third-order valence-electron chi connectivity index (χ3n) is 3.32. The first-order chi connectivity index (χ1) is 12.9. The highest BCUT2D eigenvalue weighted by molar-refractivity contribution is 5.93. The Morgan fingerprint density at radius 3 is 2.44 bits per heavy atom. The normalized spacial score (nSPS) is 10.3. The molecule has 1 amide bonds. The van der Waals surface area contributed by atoms with Crippen LogP contribution in [0.5, 0.6) is 17.2 Å². The molecule has 0 aliphatic rings. The number of hydrogen-bond acceptors (Lipinski definition) is 6. The minimum absolute atomic E-state index is 0.0828. The summed E-state index contributed by atoms with van der Waals surface area (Å²) < 4.78 is 44.3. The number of carbonyl (C=O) groups is 2. The molecule has 0 saturated heterocycles. The maximum atomic E-state index is 12.4. The number of amides is 1. The van der Waals surface area contributed by atoms with Gasteiger partial charge in [0.05, 0.1) is 25.5 Å². The molecule has 0 spiro atoms. The highest BCUT2D eigenvalue weighted by atomic mass is 19.3. The molecule has 0 radical (unpaired) electrons. The van der Waals surface area contributed by atoms with Crippen LogP contribution in [0.15, 0.2) is 42.5 Å². The summed E-state index contributed by atoms with van der Waals surface area (Å²) in [5.74, 6) is -0.863. The zero-order valence-electron chi connectivity index (χ0n) is 14.5. The van der Waals surface area contributed by atoms with Crippen molar-refractivity contribution in [2.75, 3.05) is 26.1 Å². The molecule has 0 bridgehead atoms. The molecule has 9 heteroatoms. The van der Waals surface area contributed by atoms with Crippen LogP contribution in [-0.4, -0.2) is 39.3 Å². The third kappa shape index (κ3) is 5.56. The van der Waals surface area contributed by atoms with E-state index >= 15 is 0 Å². The van der Waals surface area contributed by atoms with Crippen molar-refractivity contribution in [3.63, 3.8) is 0 Å². The SMILES string of the molecule is COC(=O)c1ccc(OCC(=O)Nc2ccccc2OC(F)F)c(OC)c1. The number of ether oxygens (including phenoxy) is 4. The lowest BCUT2D eigenvalue weighted by atomic mass is 10.2. The van der Waals surface area contributed by atoms with E-state index in [1.807, 2.05) is 0 Å². The van der Waals surface area contributed by atoms with Crippen LogP contribution in [0.2, 0.25) is 0 Å². The van der Waals surface area contributed by atoms with Crippen LogP contribution in [0.3, 0.4) is 0 Å². The fourth-order valence-corrected chi connectivity index (χ4v) is 2.13. The Bertz CT molecular complexity index is 812. The number of anilines is 1. The number of carbonyl (C=O) groups excluding carboxylic acids is 2. The minimum Gasteiger partial charge on any atom is -0.493 e. The smallest absolute Gasteiger partial charge is 0.387 e. The molecular weight excluding hydrogens is 364 g/mol. The van der Waals surface area contributed by atoms with Crippen molar-refractivity contribution in [2.24, 2.45) is 0 Å². The number of rotatable bonds is 8. The number of para-hydroxylation sites is 2. The zero-order chi connectivity index (χ0) is 19.8. The van der Waals surface area contributed by atoms with Gasteiger partial charge in [-0.1, -0.05) is 12.1 Å². The average molecular weight is 381 g/mol. The first-order valence-corrected chi connectivity index (χ1v) is 7.67. The summed E-state index contributed by atoms with van der Waals surface area (Å²) in [4.78, 5) is 23.6. The molecule has 0 aliphatic carbocycles. The molecule has 0 fully saturated rings. The number of nitrogens with one attached hydrogen (secondary N) is 1. The molecule has 27 heavy (non-hydrogen) atoms. The first kappa shape index (κ1) is 20.0. The Kier molecular flexibility index (Phi) is 6.93. The predicted molar refractivity (Wildman–Crippen MR) is 91.5 cm³/mol. The molecular formula is C18H17F2NO6. The van der Waals surface area contributed by atoms with Crippen LogP contribution in [-0.2, 0) is 9.53 Å². The van der Waals surface area contributed by atoms with E-state index in [4.69, 9.17) is 9.47 Å². The highest BCUT2D eigenvalue weighted by Gasteiger charge is 2.14. The molecule has 2 rings (SSSR count). The lowest BCUT2D eigenvalue weighted by Gasteiger charge is -2.13. The van der Waals surface area contributed by atoms with Crippen LogP contribution in [0.1, 0.15) is 10.4 Å². The van der Waals surface area contributed by atoms with Crippen molar-refractivity contribution in [1.82, 2.24) is 0 Å². The summed E-state index contributed by atoms with van der Waals surface area (Å²) in [7, 11) is 2.63. The number of esters is 1. The third-order valence-corrected chi connectivity index (χ3v) is 3.32. The Morgan fingerprint density at radius 2 is 1.78 bits per heavy atom. The fraction of sp³-hybridized carbons (Fsp3) is 0.222. The van der Waals surface area contributed by atoms with Gasteiger partial charge in [0.2, 0.25) is 0 Å². The lowest BCUT2D eigenvalue weighted by molar-refractivity contribution is -0.118. The molecule has 0 aliphatic heterocycles. The maximum Gasteiger partial charge on any atom is 0.387 e. The summed E-state index contributed by atoms with van der Waals surface area (Å²) in [6.07, 6.45) is 0. The standard InChI is InChI=1S/C18H17F2NO6/c1-24-15-9-11(17(23)25-2)7-8-14(15)26-10-16(22)21-12-5-3-4-6-13(12)27-18(19)20/h3-9,18H,10H2,1-2H3,(H,21,22). The van der Waals surface area contributed by atoms with Gasteiger partial charge in [0.15, 0.2) is 18.1 Å². The largest absolute Gasteiger partial charge is 0.493 e. The van der Waals surface area contributed by atoms with Crippen LogP contribution in [0.25, 0.3) is 0 Å². The number of alkyl halides is 2. The molecule has 7 nitrogen and oxygen atoms in total. The monoisotopic (exact) mass is 381 g/mol. The van der Waals surface area contributed by atoms with E-state index in [1.165, 1.54) is 50.6 Å². The Morgan fingerprint density at radius 1 is 1.04 bits per heavy atom. The van der Waals surface area contributed by atoms with Gasteiger partial charge >= 0.3 is 12.6 Å². The van der Waals surface area contributed by atoms with Crippen LogP contribution in [0, 0.1) is 0 Å². The van der Waals surface area contributed by atoms with Crippen molar-refractivity contribution >= 4 is 17.6 Å². The van der Waals surface area contributed by atoms with Crippen molar-refractivity contribution < 1.29 is 37.3 Å². The average Bonchev–Trinajstić information content (AvgIpc) is 2.66. The summed E-state index contributed by atoms with van der Waals surface area (Å²) >= 11 is 0. The van der Waals surface area contributed by atoms with Gasteiger partial charge in [-0.3, -0.25) is 4.79 Å². The van der Waals surface area contributed by atoms with Gasteiger partial charge in [-0.05, 0) is 30.3 Å². The van der Waals surface area contributed by atoms with E-state index in [9.17, 15) is 18.4 Å². The predicted octanol–water partition coefficient (Wildman–Crippen LogP) is 3.10. The molecule has 1 N–H and O–H groups in total. The quantitative estimate of drug-likeness (QED) is 0.708. The molecule has 2 aromatic rings. The fourth-order valence-electron chi connectivity index (χ4n) is 2.13. The van der Waals surface area contributed by atoms with E-state index in [-0.39, 0.29) is 28.5 Å². The van der Waals surface area contributed by atoms with Gasteiger partial charge in [-0.2, -0.15) is 8.78 Å². The van der Waals surface area contributed by atoms with Crippen LogP contribution >= 0.6 is 0 Å². The van der Waals surface area contributed by atoms with Crippen molar-refractivity contribution in [3.05, 3.63) is 48.0 Å². The lowest BCUT2D eigenvalue weighted by Crippen LogP contribution is -2.21. The van der Waals surface area contributed by atoms with Gasteiger partial charge in [-0.25, -0.2) is 4.79 Å². The second-order valence-electron chi connectivity index (χ2n) is 5.07. The molecule has 2 aromatic carbocycles. The second-order valence-corrected chi connectivity index (χ2v) is 5.07. The van der Waals surface area contributed by atoms with Crippen molar-refractivity contribution in [3.8, 4) is 17.2 Å². The van der Waals surface area contributed by atoms with Crippen molar-refractivity contribution in [1.29, 1.82) is 0 Å². The topological polar surface area (TPSA) is 83.1 Å². The first-order valence-electron chi connectivity index (χ1n) is 7.67. The summed E-state index contributed by atoms with van der Waals surface area (Å²) in [5.41, 5.74) is 0.337. The zero-order valence-corrected chi connectivity index (χ0v) is 14.5. The number of hydrogen-bond donors (Lipinski definition) is 1. The second kappa shape index (κ2) is 9.37. The minimum atomic E-state index is -3.02. The van der Waals surface area contributed by atoms with Gasteiger partial charge in [0.25, 0.3) is 5.91 Å². The molecule has 0 unspecified atom stereocenters. The Hall–Kier alpha value is -3.36. The number of benzene rings is 2. The summed E-state index contributed by atoms with van der Waals surface area (Å²) in [5, 5.41) is 2.43. The highest BCUT2D eigenvalue weighted by Crippen LogP contribution is 2.29. The van der Waals surface area contributed by atoms with E-state index in [0.717, 1.165) is 0 Å². The molecule has 0 saturated carbocycles. The van der Waals surface area contributed by atoms with E-state index in [0.29, 0.717) is 0 Å². The van der Waals surface area contributed by atoms with Gasteiger partial charge in [-0.15, -0.1) is 0 Å². The van der Waals surface area contributed by atoms with Crippen LogP contribution < -0.4 is 19.5 Å². The maximum absolute atomic E-state index is 12.4. The van der Waals surface area contributed by atoms with E-state index in [2.05, 4.69) is 14.8 Å². The molecule has 144 valence electrons. The van der Waals surface area contributed by atoms with Gasteiger partial charge in [0, 0.05) is 0 Å². The van der Waals surface area contributed by atoms with E-state index in [1.54, 1.807) is 6.07 Å². The van der Waals surface area contributed by atoms with E-state index < -0.39 is 25.1 Å². The van der Waals surface area contributed by atoms with Crippen molar-refractivity contribution in [2.45, 2.75) is 6.61 Å².